The van der Waals surface area contributed by atoms with Crippen molar-refractivity contribution in [1.82, 2.24) is 4.98 Å². The molecule has 3 nitrogen and oxygen atoms in total. The van der Waals surface area contributed by atoms with Crippen LogP contribution in [-0.2, 0) is 0 Å². The van der Waals surface area contributed by atoms with Gasteiger partial charge in [0.05, 0.1) is 18.7 Å². The van der Waals surface area contributed by atoms with Gasteiger partial charge in [-0.05, 0) is 30.2 Å². The second-order valence-corrected chi connectivity index (χ2v) is 3.72. The van der Waals surface area contributed by atoms with Crippen LogP contribution >= 0.6 is 0 Å². The van der Waals surface area contributed by atoms with Crippen LogP contribution in [0.5, 0.6) is 5.75 Å². The van der Waals surface area contributed by atoms with Crippen molar-refractivity contribution in [3.63, 3.8) is 0 Å². The third-order valence-corrected chi connectivity index (χ3v) is 2.67. The van der Waals surface area contributed by atoms with E-state index in [4.69, 9.17) is 10.00 Å². The minimum absolute atomic E-state index is 0.674. The molecule has 0 spiro atoms. The van der Waals surface area contributed by atoms with E-state index in [2.05, 4.69) is 11.1 Å². The fraction of sp³-hybridized carbons (Fsp3) is 0.143. The van der Waals surface area contributed by atoms with E-state index >= 15 is 0 Å². The Morgan fingerprint density at radius 1 is 1.29 bits per heavy atom. The molecule has 2 aromatic rings. The number of nitriles is 1. The number of rotatable bonds is 2. The van der Waals surface area contributed by atoms with Crippen molar-refractivity contribution < 1.29 is 4.74 Å². The molecule has 0 saturated carbocycles. The highest BCUT2D eigenvalue weighted by Gasteiger charge is 2.07. The number of hydrogen-bond acceptors (Lipinski definition) is 3. The maximum Gasteiger partial charge on any atom is 0.129 e. The summed E-state index contributed by atoms with van der Waals surface area (Å²) in [6, 6.07) is 9.74. The van der Waals surface area contributed by atoms with Crippen molar-refractivity contribution in [2.75, 3.05) is 7.11 Å². The molecule has 0 aliphatic rings. The van der Waals surface area contributed by atoms with Gasteiger partial charge in [-0.3, -0.25) is 4.98 Å². The number of hydrogen-bond donors (Lipinski definition) is 0. The van der Waals surface area contributed by atoms with Crippen LogP contribution < -0.4 is 4.74 Å². The summed E-state index contributed by atoms with van der Waals surface area (Å²) in [6.07, 6.45) is 3.42. The number of benzene rings is 1. The highest BCUT2D eigenvalue weighted by Crippen LogP contribution is 2.29. The first-order valence-electron chi connectivity index (χ1n) is 5.25. The first-order chi connectivity index (χ1) is 8.26. The fourth-order valence-electron chi connectivity index (χ4n) is 1.69. The van der Waals surface area contributed by atoms with E-state index in [9.17, 15) is 0 Å². The Morgan fingerprint density at radius 2 is 2.12 bits per heavy atom. The van der Waals surface area contributed by atoms with Crippen LogP contribution in [0.1, 0.15) is 11.1 Å². The molecule has 0 saturated heterocycles. The molecule has 1 aromatic carbocycles. The molecule has 2 rings (SSSR count). The van der Waals surface area contributed by atoms with Crippen LogP contribution in [0, 0.1) is 18.3 Å². The summed E-state index contributed by atoms with van der Waals surface area (Å²) < 4.78 is 5.28. The molecule has 0 radical (unpaired) electrons. The number of aromatic nitrogens is 1. The van der Waals surface area contributed by atoms with Gasteiger partial charge in [-0.15, -0.1) is 0 Å². The summed E-state index contributed by atoms with van der Waals surface area (Å²) >= 11 is 0. The van der Waals surface area contributed by atoms with E-state index in [1.807, 2.05) is 25.1 Å². The zero-order chi connectivity index (χ0) is 12.3. The minimum Gasteiger partial charge on any atom is -0.496 e. The molecule has 1 heterocycles. The zero-order valence-electron chi connectivity index (χ0n) is 9.77. The van der Waals surface area contributed by atoms with E-state index in [1.54, 1.807) is 25.6 Å². The molecule has 0 fully saturated rings. The maximum absolute atomic E-state index is 9.02. The Morgan fingerprint density at radius 3 is 2.82 bits per heavy atom. The van der Waals surface area contributed by atoms with Gasteiger partial charge in [-0.25, -0.2) is 0 Å². The summed E-state index contributed by atoms with van der Waals surface area (Å²) in [5, 5.41) is 9.02. The average molecular weight is 224 g/mol. The molecule has 0 aliphatic carbocycles. The van der Waals surface area contributed by atoms with Gasteiger partial charge in [0.25, 0.3) is 0 Å². The van der Waals surface area contributed by atoms with Gasteiger partial charge in [0.1, 0.15) is 5.75 Å². The molecule has 0 bridgehead atoms. The van der Waals surface area contributed by atoms with Gasteiger partial charge in [0.15, 0.2) is 0 Å². The van der Waals surface area contributed by atoms with Crippen molar-refractivity contribution in [3.8, 4) is 22.9 Å². The highest BCUT2D eigenvalue weighted by atomic mass is 16.5. The van der Waals surface area contributed by atoms with Crippen LogP contribution in [0.25, 0.3) is 11.1 Å². The molecule has 1 aromatic heterocycles. The molecular formula is C14H12N2O. The van der Waals surface area contributed by atoms with Gasteiger partial charge in [-0.1, -0.05) is 12.1 Å². The van der Waals surface area contributed by atoms with Crippen molar-refractivity contribution in [3.05, 3.63) is 47.8 Å². The number of methoxy groups -OCH3 is 1. The summed E-state index contributed by atoms with van der Waals surface area (Å²) in [6.45, 7) is 1.92. The van der Waals surface area contributed by atoms with Gasteiger partial charge in [-0.2, -0.15) is 5.26 Å². The van der Waals surface area contributed by atoms with E-state index < -0.39 is 0 Å². The Kier molecular flexibility index (Phi) is 3.06. The largest absolute Gasteiger partial charge is 0.496 e. The first-order valence-corrected chi connectivity index (χ1v) is 5.25. The highest BCUT2D eigenvalue weighted by molar-refractivity contribution is 5.71. The van der Waals surface area contributed by atoms with Gasteiger partial charge >= 0.3 is 0 Å². The van der Waals surface area contributed by atoms with Crippen LogP contribution in [0.3, 0.4) is 0 Å². The quantitative estimate of drug-likeness (QED) is 0.787. The SMILES string of the molecule is COc1ccncc1-c1ccc(C)c(C#N)c1. The standard InChI is InChI=1S/C14H12N2O/c1-10-3-4-11(7-12(10)8-15)13-9-16-6-5-14(13)17-2/h3-7,9H,1-2H3. The number of ether oxygens (including phenoxy) is 1. The predicted molar refractivity (Wildman–Crippen MR) is 65.7 cm³/mol. The van der Waals surface area contributed by atoms with Gasteiger partial charge in [0.2, 0.25) is 0 Å². The molecule has 0 aliphatic heterocycles. The van der Waals surface area contributed by atoms with Crippen LogP contribution in [0.15, 0.2) is 36.7 Å². The van der Waals surface area contributed by atoms with Gasteiger partial charge in [0, 0.05) is 18.0 Å². The average Bonchev–Trinajstić information content (AvgIpc) is 2.39. The van der Waals surface area contributed by atoms with E-state index in [0.717, 1.165) is 22.4 Å². The zero-order valence-corrected chi connectivity index (χ0v) is 9.77. The molecular weight excluding hydrogens is 212 g/mol. The van der Waals surface area contributed by atoms with Crippen molar-refractivity contribution in [1.29, 1.82) is 5.26 Å². The molecule has 17 heavy (non-hydrogen) atoms. The smallest absolute Gasteiger partial charge is 0.129 e. The van der Waals surface area contributed by atoms with E-state index in [0.29, 0.717) is 5.56 Å². The molecule has 84 valence electrons. The van der Waals surface area contributed by atoms with E-state index in [-0.39, 0.29) is 0 Å². The monoisotopic (exact) mass is 224 g/mol. The van der Waals surface area contributed by atoms with Crippen molar-refractivity contribution in [2.45, 2.75) is 6.92 Å². The minimum atomic E-state index is 0.674. The van der Waals surface area contributed by atoms with Crippen LogP contribution in [0.4, 0.5) is 0 Å². The Bertz CT molecular complexity index is 585. The predicted octanol–water partition coefficient (Wildman–Crippen LogP) is 2.94. The molecule has 3 heteroatoms. The lowest BCUT2D eigenvalue weighted by Crippen LogP contribution is -1.90. The third kappa shape index (κ3) is 2.11. The lowest BCUT2D eigenvalue weighted by Gasteiger charge is -2.08. The molecule has 0 atom stereocenters. The number of nitrogens with zero attached hydrogens (tertiary/aromatic N) is 2. The Balaban J connectivity index is 2.58. The van der Waals surface area contributed by atoms with E-state index in [1.165, 1.54) is 0 Å². The first kappa shape index (κ1) is 11.2. The lowest BCUT2D eigenvalue weighted by atomic mass is 10.0. The number of pyridine rings is 1. The summed E-state index contributed by atoms with van der Waals surface area (Å²) in [4.78, 5) is 4.08. The number of aryl methyl sites for hydroxylation is 1. The molecule has 0 amide bonds. The second kappa shape index (κ2) is 4.67. The maximum atomic E-state index is 9.02. The van der Waals surface area contributed by atoms with Crippen LogP contribution in [0.2, 0.25) is 0 Å². The van der Waals surface area contributed by atoms with Crippen molar-refractivity contribution >= 4 is 0 Å². The topological polar surface area (TPSA) is 45.9 Å². The second-order valence-electron chi connectivity index (χ2n) is 3.72. The summed E-state index contributed by atoms with van der Waals surface area (Å²) in [5.41, 5.74) is 3.48. The Labute approximate surface area is 100 Å². The molecule has 0 N–H and O–H groups in total. The summed E-state index contributed by atoms with van der Waals surface area (Å²) in [5.74, 6) is 0.757. The van der Waals surface area contributed by atoms with Crippen LogP contribution in [-0.4, -0.2) is 12.1 Å². The summed E-state index contributed by atoms with van der Waals surface area (Å²) in [7, 11) is 1.62. The lowest BCUT2D eigenvalue weighted by molar-refractivity contribution is 0.416. The van der Waals surface area contributed by atoms with Gasteiger partial charge < -0.3 is 4.74 Å². The fourth-order valence-corrected chi connectivity index (χ4v) is 1.69. The molecule has 0 unspecified atom stereocenters. The van der Waals surface area contributed by atoms with Crippen molar-refractivity contribution in [2.24, 2.45) is 0 Å². The normalized spacial score (nSPS) is 9.71. The Hall–Kier alpha value is -2.34. The third-order valence-electron chi connectivity index (χ3n) is 2.67.